The van der Waals surface area contributed by atoms with Crippen molar-refractivity contribution in [1.29, 1.82) is 5.26 Å². The summed E-state index contributed by atoms with van der Waals surface area (Å²) in [6, 6.07) is 11.7. The van der Waals surface area contributed by atoms with E-state index in [4.69, 9.17) is 0 Å². The van der Waals surface area contributed by atoms with Gasteiger partial charge in [0.15, 0.2) is 5.78 Å². The molecule has 2 heteroatoms. The largest absolute Gasteiger partial charge is 0.298 e. The van der Waals surface area contributed by atoms with Crippen molar-refractivity contribution in [2.24, 2.45) is 22.7 Å². The summed E-state index contributed by atoms with van der Waals surface area (Å²) >= 11 is 0. The second-order valence-corrected chi connectivity index (χ2v) is 8.93. The predicted octanol–water partition coefficient (Wildman–Crippen LogP) is 5.11. The molecule has 2 saturated carbocycles. The van der Waals surface area contributed by atoms with Gasteiger partial charge in [-0.15, -0.1) is 0 Å². The summed E-state index contributed by atoms with van der Waals surface area (Å²) in [6.07, 6.45) is 5.48. The fourth-order valence-corrected chi connectivity index (χ4v) is 5.60. The van der Waals surface area contributed by atoms with Gasteiger partial charge in [-0.3, -0.25) is 4.79 Å². The minimum Gasteiger partial charge on any atom is -0.298 e. The third-order valence-electron chi connectivity index (χ3n) is 5.94. The second kappa shape index (κ2) is 5.78. The van der Waals surface area contributed by atoms with Crippen LogP contribution < -0.4 is 0 Å². The van der Waals surface area contributed by atoms with Crippen molar-refractivity contribution in [3.8, 4) is 6.07 Å². The first-order chi connectivity index (χ1) is 10.8. The normalized spacial score (nSPS) is 33.0. The average molecular weight is 309 g/mol. The van der Waals surface area contributed by atoms with E-state index in [0.29, 0.717) is 29.1 Å². The summed E-state index contributed by atoms with van der Waals surface area (Å²) in [6.45, 7) is 7.12. The Labute approximate surface area is 139 Å². The lowest BCUT2D eigenvalue weighted by atomic mass is 9.65. The average Bonchev–Trinajstić information content (AvgIpc) is 2.69. The Balaban J connectivity index is 1.73. The fraction of sp³-hybridized carbons (Fsp3) is 0.619. The SMILES string of the molecule is CC1(C)CC2CC(C)(CC2CC(=O)C(C#N)c2ccccc2)C1. The standard InChI is InChI=1S/C21H27NO/c1-20(2)10-17-12-21(3,14-20)11-16(17)9-19(23)18(13-22)15-7-5-4-6-8-15/h4-8,16-18H,9-12,14H2,1-3H3. The van der Waals surface area contributed by atoms with E-state index in [1.165, 1.54) is 19.3 Å². The summed E-state index contributed by atoms with van der Waals surface area (Å²) in [7, 11) is 0. The lowest BCUT2D eigenvalue weighted by Crippen LogP contribution is -2.30. The van der Waals surface area contributed by atoms with Gasteiger partial charge in [-0.2, -0.15) is 5.26 Å². The molecule has 1 aromatic carbocycles. The van der Waals surface area contributed by atoms with E-state index in [2.05, 4.69) is 26.8 Å². The number of rotatable bonds is 4. The third-order valence-corrected chi connectivity index (χ3v) is 5.94. The van der Waals surface area contributed by atoms with E-state index in [0.717, 1.165) is 12.0 Å². The number of hydrogen-bond acceptors (Lipinski definition) is 2. The van der Waals surface area contributed by atoms with Crippen LogP contribution in [0.4, 0.5) is 0 Å². The Morgan fingerprint density at radius 3 is 2.57 bits per heavy atom. The summed E-state index contributed by atoms with van der Waals surface area (Å²) in [5, 5.41) is 9.47. The highest BCUT2D eigenvalue weighted by atomic mass is 16.1. The summed E-state index contributed by atoms with van der Waals surface area (Å²) in [5.74, 6) is 0.631. The molecular formula is C21H27NO. The van der Waals surface area contributed by atoms with Crippen molar-refractivity contribution in [2.45, 2.75) is 58.8 Å². The van der Waals surface area contributed by atoms with Crippen LogP contribution in [-0.4, -0.2) is 5.78 Å². The molecule has 0 heterocycles. The first-order valence-electron chi connectivity index (χ1n) is 8.79. The summed E-state index contributed by atoms with van der Waals surface area (Å²) < 4.78 is 0. The Morgan fingerprint density at radius 1 is 1.22 bits per heavy atom. The maximum Gasteiger partial charge on any atom is 0.154 e. The molecule has 0 N–H and O–H groups in total. The van der Waals surface area contributed by atoms with Crippen molar-refractivity contribution in [2.75, 3.05) is 0 Å². The fourth-order valence-electron chi connectivity index (χ4n) is 5.60. The molecule has 2 nitrogen and oxygen atoms in total. The van der Waals surface area contributed by atoms with Crippen LogP contribution in [0.25, 0.3) is 0 Å². The molecule has 4 unspecified atom stereocenters. The topological polar surface area (TPSA) is 40.9 Å². The highest BCUT2D eigenvalue weighted by Crippen LogP contribution is 2.60. The molecule has 1 aromatic rings. The highest BCUT2D eigenvalue weighted by molar-refractivity contribution is 5.88. The Kier molecular flexibility index (Phi) is 4.08. The molecule has 0 spiro atoms. The van der Waals surface area contributed by atoms with E-state index < -0.39 is 5.92 Å². The molecule has 0 saturated heterocycles. The van der Waals surface area contributed by atoms with E-state index in [1.807, 2.05) is 30.3 Å². The van der Waals surface area contributed by atoms with Gasteiger partial charge in [-0.1, -0.05) is 51.1 Å². The van der Waals surface area contributed by atoms with E-state index in [9.17, 15) is 10.1 Å². The van der Waals surface area contributed by atoms with Crippen molar-refractivity contribution in [3.05, 3.63) is 35.9 Å². The van der Waals surface area contributed by atoms with Gasteiger partial charge in [0, 0.05) is 6.42 Å². The molecule has 0 aromatic heterocycles. The summed E-state index contributed by atoms with van der Waals surface area (Å²) in [5.41, 5.74) is 1.63. The van der Waals surface area contributed by atoms with Crippen LogP contribution in [-0.2, 0) is 4.79 Å². The second-order valence-electron chi connectivity index (χ2n) is 8.93. The number of carbonyl (C=O) groups is 1. The third kappa shape index (κ3) is 3.34. The van der Waals surface area contributed by atoms with Gasteiger partial charge in [0.05, 0.1) is 6.07 Å². The maximum atomic E-state index is 12.8. The lowest BCUT2D eigenvalue weighted by molar-refractivity contribution is -0.120. The van der Waals surface area contributed by atoms with Gasteiger partial charge in [0.25, 0.3) is 0 Å². The van der Waals surface area contributed by atoms with Gasteiger partial charge in [-0.25, -0.2) is 0 Å². The number of hydrogen-bond donors (Lipinski definition) is 0. The smallest absolute Gasteiger partial charge is 0.154 e. The molecule has 2 aliphatic carbocycles. The number of nitrogens with zero attached hydrogens (tertiary/aromatic N) is 1. The van der Waals surface area contributed by atoms with Crippen LogP contribution in [0.5, 0.6) is 0 Å². The Morgan fingerprint density at radius 2 is 1.91 bits per heavy atom. The number of benzene rings is 1. The number of nitriles is 1. The number of carbonyl (C=O) groups excluding carboxylic acids is 1. The highest BCUT2D eigenvalue weighted by Gasteiger charge is 2.50. The van der Waals surface area contributed by atoms with Crippen molar-refractivity contribution in [3.63, 3.8) is 0 Å². The molecule has 4 atom stereocenters. The molecule has 23 heavy (non-hydrogen) atoms. The van der Waals surface area contributed by atoms with E-state index in [1.54, 1.807) is 0 Å². The predicted molar refractivity (Wildman–Crippen MR) is 91.8 cm³/mol. The van der Waals surface area contributed by atoms with Crippen LogP contribution in [0.1, 0.15) is 64.4 Å². The minimum absolute atomic E-state index is 0.109. The van der Waals surface area contributed by atoms with Crippen molar-refractivity contribution >= 4 is 5.78 Å². The Bertz CT molecular complexity index is 627. The van der Waals surface area contributed by atoms with Crippen LogP contribution in [0.2, 0.25) is 0 Å². The van der Waals surface area contributed by atoms with Crippen molar-refractivity contribution < 1.29 is 4.79 Å². The first-order valence-corrected chi connectivity index (χ1v) is 8.79. The van der Waals surface area contributed by atoms with Crippen LogP contribution in [0.3, 0.4) is 0 Å². The van der Waals surface area contributed by atoms with Crippen LogP contribution >= 0.6 is 0 Å². The quantitative estimate of drug-likeness (QED) is 0.776. The van der Waals surface area contributed by atoms with Gasteiger partial charge in [-0.05, 0) is 53.9 Å². The zero-order chi connectivity index (χ0) is 16.7. The van der Waals surface area contributed by atoms with E-state index >= 15 is 0 Å². The number of Topliss-reactive ketones (excluding diaryl/α,β-unsaturated/α-hetero) is 1. The van der Waals surface area contributed by atoms with Gasteiger partial charge < -0.3 is 0 Å². The molecular weight excluding hydrogens is 282 g/mol. The number of fused-ring (bicyclic) bond motifs is 2. The van der Waals surface area contributed by atoms with Gasteiger partial charge >= 0.3 is 0 Å². The molecule has 0 amide bonds. The lowest BCUT2D eigenvalue weighted by Gasteiger charge is -2.40. The molecule has 3 rings (SSSR count). The Hall–Kier alpha value is -1.62. The van der Waals surface area contributed by atoms with Gasteiger partial charge in [0.1, 0.15) is 5.92 Å². The summed E-state index contributed by atoms with van der Waals surface area (Å²) in [4.78, 5) is 12.8. The zero-order valence-corrected chi connectivity index (χ0v) is 14.5. The first kappa shape index (κ1) is 16.2. The van der Waals surface area contributed by atoms with Crippen LogP contribution in [0.15, 0.2) is 30.3 Å². The molecule has 0 aliphatic heterocycles. The molecule has 0 radical (unpaired) electrons. The van der Waals surface area contributed by atoms with Crippen molar-refractivity contribution in [1.82, 2.24) is 0 Å². The molecule has 122 valence electrons. The van der Waals surface area contributed by atoms with E-state index in [-0.39, 0.29) is 5.78 Å². The number of ketones is 1. The molecule has 2 aliphatic rings. The van der Waals surface area contributed by atoms with Crippen LogP contribution in [0, 0.1) is 34.0 Å². The monoisotopic (exact) mass is 309 g/mol. The molecule has 2 bridgehead atoms. The van der Waals surface area contributed by atoms with Gasteiger partial charge in [0.2, 0.25) is 0 Å². The molecule has 2 fully saturated rings. The maximum absolute atomic E-state index is 12.8. The minimum atomic E-state index is -0.600. The zero-order valence-electron chi connectivity index (χ0n) is 14.5.